The van der Waals surface area contributed by atoms with Crippen molar-refractivity contribution in [2.24, 2.45) is 11.3 Å². The minimum Gasteiger partial charge on any atom is -0.464 e. The Morgan fingerprint density at radius 1 is 1.33 bits per heavy atom. The van der Waals surface area contributed by atoms with E-state index in [1.54, 1.807) is 4.90 Å². The lowest BCUT2D eigenvalue weighted by Crippen LogP contribution is -2.46. The van der Waals surface area contributed by atoms with Crippen LogP contribution in [0.4, 0.5) is 0 Å². The Labute approximate surface area is 110 Å². The van der Waals surface area contributed by atoms with Gasteiger partial charge in [-0.05, 0) is 18.8 Å². The molecule has 0 radical (unpaired) electrons. The van der Waals surface area contributed by atoms with Crippen molar-refractivity contribution in [3.63, 3.8) is 0 Å². The summed E-state index contributed by atoms with van der Waals surface area (Å²) in [7, 11) is 0. The molecule has 0 aromatic rings. The molecule has 1 amide bonds. The summed E-state index contributed by atoms with van der Waals surface area (Å²) in [5.74, 6) is 0.104. The van der Waals surface area contributed by atoms with E-state index in [1.807, 2.05) is 34.6 Å². The molecule has 0 aromatic heterocycles. The lowest BCUT2D eigenvalue weighted by atomic mass is 9.94. The van der Waals surface area contributed by atoms with Crippen molar-refractivity contribution >= 4 is 11.9 Å². The molecule has 0 saturated carbocycles. The summed E-state index contributed by atoms with van der Waals surface area (Å²) in [5, 5.41) is 0. The van der Waals surface area contributed by atoms with Crippen LogP contribution in [0.5, 0.6) is 0 Å². The van der Waals surface area contributed by atoms with Crippen LogP contribution in [0, 0.1) is 11.3 Å². The zero-order chi connectivity index (χ0) is 13.9. The van der Waals surface area contributed by atoms with Gasteiger partial charge in [-0.3, -0.25) is 4.79 Å². The third-order valence-electron chi connectivity index (χ3n) is 2.99. The van der Waals surface area contributed by atoms with Crippen LogP contribution in [0.15, 0.2) is 0 Å². The second-order valence-electron chi connectivity index (χ2n) is 6.43. The fourth-order valence-electron chi connectivity index (χ4n) is 2.03. The standard InChI is InChI=1S/C14H25NO3/c1-10(2)9-18-12(16)11-7-6-8-15(11)13(17)14(3,4)5/h10-11H,6-9H2,1-5H3. The van der Waals surface area contributed by atoms with Crippen molar-refractivity contribution in [2.75, 3.05) is 13.2 Å². The van der Waals surface area contributed by atoms with Gasteiger partial charge in [0.25, 0.3) is 0 Å². The summed E-state index contributed by atoms with van der Waals surface area (Å²) >= 11 is 0. The van der Waals surface area contributed by atoms with E-state index in [0.29, 0.717) is 19.1 Å². The van der Waals surface area contributed by atoms with Crippen molar-refractivity contribution < 1.29 is 14.3 Å². The van der Waals surface area contributed by atoms with Gasteiger partial charge in [0, 0.05) is 12.0 Å². The van der Waals surface area contributed by atoms with Crippen molar-refractivity contribution in [1.29, 1.82) is 0 Å². The predicted octanol–water partition coefficient (Wildman–Crippen LogP) is 2.22. The normalized spacial score (nSPS) is 20.3. The molecule has 1 fully saturated rings. The van der Waals surface area contributed by atoms with E-state index in [-0.39, 0.29) is 17.9 Å². The fraction of sp³-hybridized carbons (Fsp3) is 0.857. The van der Waals surface area contributed by atoms with Crippen molar-refractivity contribution in [2.45, 2.75) is 53.5 Å². The summed E-state index contributed by atoms with van der Waals surface area (Å²) in [4.78, 5) is 25.9. The SMILES string of the molecule is CC(C)COC(=O)C1CCCN1C(=O)C(C)(C)C. The molecule has 4 nitrogen and oxygen atoms in total. The van der Waals surface area contributed by atoms with E-state index in [0.717, 1.165) is 12.8 Å². The summed E-state index contributed by atoms with van der Waals surface area (Å²) in [6, 6.07) is -0.379. The molecule has 0 aliphatic carbocycles. The average molecular weight is 255 g/mol. The van der Waals surface area contributed by atoms with E-state index in [2.05, 4.69) is 0 Å². The van der Waals surface area contributed by atoms with Crippen LogP contribution in [0.1, 0.15) is 47.5 Å². The van der Waals surface area contributed by atoms with Gasteiger partial charge in [0.15, 0.2) is 0 Å². The molecule has 1 rings (SSSR count). The Bertz CT molecular complexity index is 317. The second kappa shape index (κ2) is 5.72. The molecule has 18 heavy (non-hydrogen) atoms. The van der Waals surface area contributed by atoms with Gasteiger partial charge < -0.3 is 9.64 Å². The number of carbonyl (C=O) groups excluding carboxylic acids is 2. The molecule has 0 spiro atoms. The summed E-state index contributed by atoms with van der Waals surface area (Å²) < 4.78 is 5.25. The minimum absolute atomic E-state index is 0.0338. The topological polar surface area (TPSA) is 46.6 Å². The van der Waals surface area contributed by atoms with E-state index < -0.39 is 5.41 Å². The smallest absolute Gasteiger partial charge is 0.328 e. The van der Waals surface area contributed by atoms with Crippen LogP contribution in [0.2, 0.25) is 0 Å². The van der Waals surface area contributed by atoms with E-state index >= 15 is 0 Å². The first kappa shape index (κ1) is 15.0. The van der Waals surface area contributed by atoms with Crippen LogP contribution >= 0.6 is 0 Å². The number of rotatable bonds is 3. The third-order valence-corrected chi connectivity index (χ3v) is 2.99. The number of hydrogen-bond acceptors (Lipinski definition) is 3. The molecule has 1 atom stereocenters. The maximum atomic E-state index is 12.2. The van der Waals surface area contributed by atoms with E-state index in [4.69, 9.17) is 4.74 Å². The maximum Gasteiger partial charge on any atom is 0.328 e. The van der Waals surface area contributed by atoms with Gasteiger partial charge in [0.2, 0.25) is 5.91 Å². The lowest BCUT2D eigenvalue weighted by Gasteiger charge is -2.29. The number of amides is 1. The van der Waals surface area contributed by atoms with Crippen LogP contribution < -0.4 is 0 Å². The molecule has 0 N–H and O–H groups in total. The zero-order valence-corrected chi connectivity index (χ0v) is 12.2. The Morgan fingerprint density at radius 3 is 2.44 bits per heavy atom. The van der Waals surface area contributed by atoms with Crippen molar-refractivity contribution in [3.8, 4) is 0 Å². The predicted molar refractivity (Wildman–Crippen MR) is 70.0 cm³/mol. The number of hydrogen-bond donors (Lipinski definition) is 0. The van der Waals surface area contributed by atoms with E-state index in [9.17, 15) is 9.59 Å². The number of ether oxygens (including phenoxy) is 1. The van der Waals surface area contributed by atoms with Gasteiger partial charge in [-0.2, -0.15) is 0 Å². The molecule has 1 aliphatic rings. The van der Waals surface area contributed by atoms with Crippen LogP contribution in [-0.2, 0) is 14.3 Å². The number of likely N-dealkylation sites (tertiary alicyclic amines) is 1. The van der Waals surface area contributed by atoms with Gasteiger partial charge >= 0.3 is 5.97 Å². The minimum atomic E-state index is -0.444. The molecule has 0 bridgehead atoms. The van der Waals surface area contributed by atoms with Crippen LogP contribution in [0.25, 0.3) is 0 Å². The lowest BCUT2D eigenvalue weighted by molar-refractivity contribution is -0.156. The quantitative estimate of drug-likeness (QED) is 0.726. The Hall–Kier alpha value is -1.06. The molecule has 4 heteroatoms. The summed E-state index contributed by atoms with van der Waals surface area (Å²) in [6.07, 6.45) is 1.60. The van der Waals surface area contributed by atoms with E-state index in [1.165, 1.54) is 0 Å². The van der Waals surface area contributed by atoms with Gasteiger partial charge in [-0.25, -0.2) is 4.79 Å². The second-order valence-corrected chi connectivity index (χ2v) is 6.43. The maximum absolute atomic E-state index is 12.2. The number of esters is 1. The van der Waals surface area contributed by atoms with Gasteiger partial charge in [0.1, 0.15) is 6.04 Å². The fourth-order valence-corrected chi connectivity index (χ4v) is 2.03. The van der Waals surface area contributed by atoms with Gasteiger partial charge in [-0.15, -0.1) is 0 Å². The molecule has 1 heterocycles. The molecule has 1 saturated heterocycles. The molecular weight excluding hydrogens is 230 g/mol. The van der Waals surface area contributed by atoms with Crippen LogP contribution in [-0.4, -0.2) is 36.0 Å². The number of carbonyl (C=O) groups is 2. The largest absolute Gasteiger partial charge is 0.464 e. The first-order valence-corrected chi connectivity index (χ1v) is 6.71. The highest BCUT2D eigenvalue weighted by atomic mass is 16.5. The Balaban J connectivity index is 2.65. The highest BCUT2D eigenvalue weighted by Crippen LogP contribution is 2.26. The van der Waals surface area contributed by atoms with Crippen molar-refractivity contribution in [3.05, 3.63) is 0 Å². The molecule has 1 aliphatic heterocycles. The third kappa shape index (κ3) is 3.72. The van der Waals surface area contributed by atoms with Gasteiger partial charge in [0.05, 0.1) is 6.61 Å². The summed E-state index contributed by atoms with van der Waals surface area (Å²) in [6.45, 7) is 10.7. The Kier molecular flexibility index (Phi) is 4.77. The van der Waals surface area contributed by atoms with Gasteiger partial charge in [-0.1, -0.05) is 34.6 Å². The highest BCUT2D eigenvalue weighted by Gasteiger charge is 2.39. The molecule has 1 unspecified atom stereocenters. The molecular formula is C14H25NO3. The highest BCUT2D eigenvalue weighted by molar-refractivity contribution is 5.88. The monoisotopic (exact) mass is 255 g/mol. The first-order valence-electron chi connectivity index (χ1n) is 6.71. The Morgan fingerprint density at radius 2 is 1.94 bits per heavy atom. The molecule has 104 valence electrons. The number of nitrogens with zero attached hydrogens (tertiary/aromatic N) is 1. The van der Waals surface area contributed by atoms with Crippen molar-refractivity contribution in [1.82, 2.24) is 4.90 Å². The zero-order valence-electron chi connectivity index (χ0n) is 12.2. The average Bonchev–Trinajstić information content (AvgIpc) is 2.71. The summed E-state index contributed by atoms with van der Waals surface area (Å²) in [5.41, 5.74) is -0.444. The molecule has 0 aromatic carbocycles. The van der Waals surface area contributed by atoms with Crippen LogP contribution in [0.3, 0.4) is 0 Å². The first-order chi connectivity index (χ1) is 8.23.